The van der Waals surface area contributed by atoms with E-state index in [0.717, 1.165) is 32.2 Å². The Kier molecular flexibility index (Phi) is 5.06. The van der Waals surface area contributed by atoms with Gasteiger partial charge in [0.15, 0.2) is 9.84 Å². The average molecular weight is 298 g/mol. The van der Waals surface area contributed by atoms with Crippen LogP contribution in [0.5, 0.6) is 0 Å². The van der Waals surface area contributed by atoms with Crippen molar-refractivity contribution in [2.75, 3.05) is 24.6 Å². The molecule has 1 N–H and O–H groups in total. The molecule has 1 amide bonds. The van der Waals surface area contributed by atoms with Crippen LogP contribution in [0.2, 0.25) is 0 Å². The zero-order valence-corrected chi connectivity index (χ0v) is 12.5. The van der Waals surface area contributed by atoms with Crippen LogP contribution >= 0.6 is 0 Å². The Labute approximate surface area is 121 Å². The molecule has 0 radical (unpaired) electrons. The molecule has 0 aromatic rings. The lowest BCUT2D eigenvalue weighted by atomic mass is 10.1. The quantitative estimate of drug-likeness (QED) is 0.754. The summed E-state index contributed by atoms with van der Waals surface area (Å²) in [6.07, 6.45) is 9.89. The van der Waals surface area contributed by atoms with Gasteiger partial charge in [-0.1, -0.05) is 18.8 Å². The van der Waals surface area contributed by atoms with E-state index < -0.39 is 9.84 Å². The van der Waals surface area contributed by atoms with E-state index in [1.807, 2.05) is 0 Å². The molecule has 20 heavy (non-hydrogen) atoms. The van der Waals surface area contributed by atoms with E-state index in [-0.39, 0.29) is 36.0 Å². The van der Waals surface area contributed by atoms with Gasteiger partial charge in [0.25, 0.3) is 0 Å². The largest absolute Gasteiger partial charge is 0.326 e. The second-order valence-electron chi connectivity index (χ2n) is 5.58. The highest BCUT2D eigenvalue weighted by Crippen LogP contribution is 2.20. The van der Waals surface area contributed by atoms with Gasteiger partial charge < -0.3 is 10.2 Å². The molecular weight excluding hydrogens is 276 g/mol. The van der Waals surface area contributed by atoms with E-state index in [0.29, 0.717) is 6.42 Å². The fourth-order valence-corrected chi connectivity index (χ4v) is 4.68. The lowest BCUT2D eigenvalue weighted by Crippen LogP contribution is -2.50. The van der Waals surface area contributed by atoms with Gasteiger partial charge in [0.1, 0.15) is 0 Å². The summed E-state index contributed by atoms with van der Waals surface area (Å²) in [5.74, 6) is 2.66. The van der Waals surface area contributed by atoms with Gasteiger partial charge in [0, 0.05) is 6.04 Å². The van der Waals surface area contributed by atoms with Gasteiger partial charge in [0.05, 0.1) is 24.1 Å². The Morgan fingerprint density at radius 3 is 2.75 bits per heavy atom. The fourth-order valence-electron chi connectivity index (χ4n) is 2.95. The number of hydrogen-bond acceptors (Lipinski definition) is 4. The maximum atomic E-state index is 12.6. The van der Waals surface area contributed by atoms with Crippen molar-refractivity contribution in [3.63, 3.8) is 0 Å². The van der Waals surface area contributed by atoms with E-state index in [1.165, 1.54) is 0 Å². The van der Waals surface area contributed by atoms with Gasteiger partial charge >= 0.3 is 0 Å². The average Bonchev–Trinajstić information content (AvgIpc) is 2.64. The molecule has 2 heterocycles. The van der Waals surface area contributed by atoms with Crippen molar-refractivity contribution >= 4 is 15.7 Å². The molecule has 112 valence electrons. The monoisotopic (exact) mass is 298 g/mol. The number of nitrogens with one attached hydrogen (secondary N) is 1. The van der Waals surface area contributed by atoms with E-state index in [1.54, 1.807) is 4.90 Å². The first-order chi connectivity index (χ1) is 9.53. The zero-order valence-electron chi connectivity index (χ0n) is 11.7. The number of sulfone groups is 1. The van der Waals surface area contributed by atoms with Crippen molar-refractivity contribution < 1.29 is 13.2 Å². The molecule has 2 aliphatic heterocycles. The Morgan fingerprint density at radius 2 is 2.10 bits per heavy atom. The minimum atomic E-state index is -3.01. The molecule has 0 bridgehead atoms. The van der Waals surface area contributed by atoms with Gasteiger partial charge in [-0.25, -0.2) is 8.42 Å². The normalized spacial score (nSPS) is 29.4. The van der Waals surface area contributed by atoms with Gasteiger partial charge in [-0.2, -0.15) is 0 Å². The van der Waals surface area contributed by atoms with E-state index in [9.17, 15) is 13.2 Å². The Morgan fingerprint density at radius 1 is 1.30 bits per heavy atom. The summed E-state index contributed by atoms with van der Waals surface area (Å²) in [5, 5.41) is 3.26. The van der Waals surface area contributed by atoms with Crippen LogP contribution in [0.15, 0.2) is 0 Å². The van der Waals surface area contributed by atoms with Crippen molar-refractivity contribution in [1.82, 2.24) is 10.2 Å². The smallest absolute Gasteiger partial charge is 0.240 e. The minimum absolute atomic E-state index is 0.0352. The number of terminal acetylenes is 1. The molecule has 6 heteroatoms. The van der Waals surface area contributed by atoms with Crippen LogP contribution in [0.25, 0.3) is 0 Å². The molecule has 2 rings (SSSR count). The SMILES string of the molecule is C#CCN(C(=O)C1CCCCCN1)C1CCS(=O)(=O)C1. The number of carbonyl (C=O) groups excluding carboxylic acids is 1. The van der Waals surface area contributed by atoms with Crippen molar-refractivity contribution in [3.8, 4) is 12.3 Å². The highest BCUT2D eigenvalue weighted by atomic mass is 32.2. The van der Waals surface area contributed by atoms with Gasteiger partial charge in [0.2, 0.25) is 5.91 Å². The van der Waals surface area contributed by atoms with Crippen LogP contribution < -0.4 is 5.32 Å². The first-order valence-electron chi connectivity index (χ1n) is 7.21. The summed E-state index contributed by atoms with van der Waals surface area (Å²) in [6, 6.07) is -0.470. The zero-order chi connectivity index (χ0) is 14.6. The number of carbonyl (C=O) groups is 1. The van der Waals surface area contributed by atoms with Crippen LogP contribution in [-0.4, -0.2) is 55.9 Å². The van der Waals surface area contributed by atoms with Gasteiger partial charge in [-0.3, -0.25) is 4.79 Å². The summed E-state index contributed by atoms with van der Waals surface area (Å²) in [7, 11) is -3.01. The van der Waals surface area contributed by atoms with Crippen molar-refractivity contribution in [1.29, 1.82) is 0 Å². The van der Waals surface area contributed by atoms with Crippen LogP contribution in [0.1, 0.15) is 32.1 Å². The standard InChI is InChI=1S/C14H22N2O3S/c1-2-9-16(12-7-10-20(18,19)11-12)14(17)13-6-4-3-5-8-15-13/h1,12-13,15H,3-11H2. The highest BCUT2D eigenvalue weighted by Gasteiger charge is 2.36. The molecule has 2 atom stereocenters. The molecule has 0 aromatic carbocycles. The van der Waals surface area contributed by atoms with Gasteiger partial charge in [-0.05, 0) is 25.8 Å². The Hall–Kier alpha value is -1.06. The lowest BCUT2D eigenvalue weighted by Gasteiger charge is -2.30. The predicted octanol–water partition coefficient (Wildman–Crippen LogP) is 0.168. The molecule has 0 aliphatic carbocycles. The van der Waals surface area contributed by atoms with Crippen molar-refractivity contribution in [2.24, 2.45) is 0 Å². The summed E-state index contributed by atoms with van der Waals surface area (Å²) in [5.41, 5.74) is 0. The number of amides is 1. The molecule has 5 nitrogen and oxygen atoms in total. The minimum Gasteiger partial charge on any atom is -0.326 e. The summed E-state index contributed by atoms with van der Waals surface area (Å²) in [4.78, 5) is 14.2. The van der Waals surface area contributed by atoms with Gasteiger partial charge in [-0.15, -0.1) is 6.42 Å². The molecule has 0 saturated carbocycles. The predicted molar refractivity (Wildman–Crippen MR) is 77.9 cm³/mol. The maximum Gasteiger partial charge on any atom is 0.240 e. The third-order valence-corrected chi connectivity index (χ3v) is 5.80. The Balaban J connectivity index is 2.07. The van der Waals surface area contributed by atoms with Crippen LogP contribution in [0, 0.1) is 12.3 Å². The second-order valence-corrected chi connectivity index (χ2v) is 7.81. The third kappa shape index (κ3) is 3.74. The molecular formula is C14H22N2O3S. The summed E-state index contributed by atoms with van der Waals surface area (Å²) in [6.45, 7) is 1.03. The van der Waals surface area contributed by atoms with Crippen molar-refractivity contribution in [3.05, 3.63) is 0 Å². The molecule has 2 unspecified atom stereocenters. The number of nitrogens with zero attached hydrogens (tertiary/aromatic N) is 1. The lowest BCUT2D eigenvalue weighted by molar-refractivity contribution is -0.134. The van der Waals surface area contributed by atoms with Crippen molar-refractivity contribution in [2.45, 2.75) is 44.2 Å². The summed E-state index contributed by atoms with van der Waals surface area (Å²) < 4.78 is 23.2. The van der Waals surface area contributed by atoms with E-state index in [4.69, 9.17) is 6.42 Å². The molecule has 2 aliphatic rings. The maximum absolute atomic E-state index is 12.6. The van der Waals surface area contributed by atoms with Crippen LogP contribution in [0.4, 0.5) is 0 Å². The summed E-state index contributed by atoms with van der Waals surface area (Å²) >= 11 is 0. The number of rotatable bonds is 3. The molecule has 0 aromatic heterocycles. The fraction of sp³-hybridized carbons (Fsp3) is 0.786. The highest BCUT2D eigenvalue weighted by molar-refractivity contribution is 7.91. The van der Waals surface area contributed by atoms with E-state index >= 15 is 0 Å². The molecule has 2 fully saturated rings. The Bertz CT molecular complexity index is 487. The first-order valence-corrected chi connectivity index (χ1v) is 9.03. The van der Waals surface area contributed by atoms with Crippen LogP contribution in [0.3, 0.4) is 0 Å². The molecule has 2 saturated heterocycles. The topological polar surface area (TPSA) is 66.5 Å². The first kappa shape index (κ1) is 15.3. The number of hydrogen-bond donors (Lipinski definition) is 1. The third-order valence-electron chi connectivity index (χ3n) is 4.05. The molecule has 0 spiro atoms. The van der Waals surface area contributed by atoms with Crippen LogP contribution in [-0.2, 0) is 14.6 Å². The van der Waals surface area contributed by atoms with E-state index in [2.05, 4.69) is 11.2 Å². The second kappa shape index (κ2) is 6.59.